The molecule has 0 bridgehead atoms. The average molecular weight is 499 g/mol. The minimum Gasteiger partial charge on any atom is -0.383 e. The van der Waals surface area contributed by atoms with Gasteiger partial charge in [0.25, 0.3) is 5.91 Å². The first kappa shape index (κ1) is 24.2. The molecule has 184 valence electrons. The highest BCUT2D eigenvalue weighted by Gasteiger charge is 2.34. The van der Waals surface area contributed by atoms with Gasteiger partial charge in [-0.2, -0.15) is 0 Å². The number of aryl methyl sites for hydroxylation is 1. The number of carbonyl (C=O) groups is 2. The number of fused-ring (bicyclic) bond motifs is 2. The molecule has 2 heterocycles. The maximum atomic E-state index is 13.9. The van der Waals surface area contributed by atoms with Crippen molar-refractivity contribution in [3.05, 3.63) is 105 Å². The quantitative estimate of drug-likeness (QED) is 0.339. The van der Waals surface area contributed by atoms with Crippen LogP contribution in [0.1, 0.15) is 38.0 Å². The van der Waals surface area contributed by atoms with E-state index in [0.717, 1.165) is 28.3 Å². The molecule has 1 atom stereocenters. The van der Waals surface area contributed by atoms with Gasteiger partial charge in [0.2, 0.25) is 5.91 Å². The smallest absolute Gasteiger partial charge is 0.255 e. The number of methoxy groups -OCH3 is 1. The molecule has 0 N–H and O–H groups in total. The second kappa shape index (κ2) is 10.6. The minimum absolute atomic E-state index is 0.00721. The third-order valence-electron chi connectivity index (χ3n) is 6.97. The minimum atomic E-state index is -0.155. The summed E-state index contributed by atoms with van der Waals surface area (Å²) in [5, 5.41) is 4.00. The number of thiophene rings is 1. The fraction of sp³-hybridized carbons (Fsp3) is 0.267. The highest BCUT2D eigenvalue weighted by atomic mass is 32.1. The van der Waals surface area contributed by atoms with Crippen molar-refractivity contribution in [3.63, 3.8) is 0 Å². The summed E-state index contributed by atoms with van der Waals surface area (Å²) >= 11 is 1.75. The normalized spacial score (nSPS) is 15.1. The zero-order valence-corrected chi connectivity index (χ0v) is 21.5. The molecule has 36 heavy (non-hydrogen) atoms. The number of ether oxygens (including phenoxy) is 1. The largest absolute Gasteiger partial charge is 0.383 e. The summed E-state index contributed by atoms with van der Waals surface area (Å²) in [7, 11) is 1.61. The zero-order chi connectivity index (χ0) is 25.1. The van der Waals surface area contributed by atoms with Crippen LogP contribution in [0.15, 0.2) is 78.2 Å². The monoisotopic (exact) mass is 498 g/mol. The predicted molar refractivity (Wildman–Crippen MR) is 144 cm³/mol. The van der Waals surface area contributed by atoms with Gasteiger partial charge in [-0.25, -0.2) is 0 Å². The molecule has 1 aliphatic rings. The molecule has 1 aliphatic heterocycles. The Balaban J connectivity index is 1.46. The Morgan fingerprint density at radius 2 is 1.78 bits per heavy atom. The van der Waals surface area contributed by atoms with E-state index in [0.29, 0.717) is 25.3 Å². The topological polar surface area (TPSA) is 49.9 Å². The van der Waals surface area contributed by atoms with Crippen LogP contribution in [0.4, 0.5) is 0 Å². The first-order chi connectivity index (χ1) is 17.6. The van der Waals surface area contributed by atoms with Crippen LogP contribution in [0.5, 0.6) is 0 Å². The molecule has 0 radical (unpaired) electrons. The fourth-order valence-electron chi connectivity index (χ4n) is 5.10. The molecule has 4 aromatic rings. The molecule has 5 rings (SSSR count). The summed E-state index contributed by atoms with van der Waals surface area (Å²) in [4.78, 5) is 32.6. The van der Waals surface area contributed by atoms with Crippen molar-refractivity contribution in [1.29, 1.82) is 0 Å². The van der Waals surface area contributed by atoms with Crippen molar-refractivity contribution in [2.45, 2.75) is 19.4 Å². The van der Waals surface area contributed by atoms with E-state index in [1.165, 1.54) is 10.4 Å². The number of hydrogen-bond acceptors (Lipinski definition) is 4. The van der Waals surface area contributed by atoms with Gasteiger partial charge in [0.15, 0.2) is 0 Å². The van der Waals surface area contributed by atoms with Crippen LogP contribution in [0.2, 0.25) is 0 Å². The lowest BCUT2D eigenvalue weighted by Crippen LogP contribution is -2.47. The van der Waals surface area contributed by atoms with Crippen LogP contribution in [0.3, 0.4) is 0 Å². The Bertz CT molecular complexity index is 1390. The molecule has 0 unspecified atom stereocenters. The molecule has 0 fully saturated rings. The summed E-state index contributed by atoms with van der Waals surface area (Å²) in [5.74, 6) is -0.206. The van der Waals surface area contributed by atoms with E-state index in [4.69, 9.17) is 4.74 Å². The Kier molecular flexibility index (Phi) is 7.16. The average Bonchev–Trinajstić information content (AvgIpc) is 3.39. The summed E-state index contributed by atoms with van der Waals surface area (Å²) in [6.45, 7) is 3.43. The number of benzene rings is 3. The lowest BCUT2D eigenvalue weighted by Gasteiger charge is -2.38. The lowest BCUT2D eigenvalue weighted by molar-refractivity contribution is -0.134. The molecule has 5 nitrogen and oxygen atoms in total. The molecule has 2 amide bonds. The van der Waals surface area contributed by atoms with Crippen LogP contribution >= 0.6 is 11.3 Å². The fourth-order valence-corrected chi connectivity index (χ4v) is 6.01. The van der Waals surface area contributed by atoms with Crippen molar-refractivity contribution in [2.24, 2.45) is 0 Å². The number of carbonyl (C=O) groups excluding carboxylic acids is 2. The Labute approximate surface area is 215 Å². The van der Waals surface area contributed by atoms with Gasteiger partial charge in [-0.05, 0) is 58.3 Å². The highest BCUT2D eigenvalue weighted by Crippen LogP contribution is 2.39. The molecular formula is C30H30N2O3S. The first-order valence-corrected chi connectivity index (χ1v) is 13.1. The van der Waals surface area contributed by atoms with Crippen LogP contribution in [-0.4, -0.2) is 55.0 Å². The zero-order valence-electron chi connectivity index (χ0n) is 20.6. The number of rotatable bonds is 7. The van der Waals surface area contributed by atoms with Crippen LogP contribution in [0.25, 0.3) is 10.8 Å². The lowest BCUT2D eigenvalue weighted by atomic mass is 9.90. The van der Waals surface area contributed by atoms with E-state index in [1.807, 2.05) is 59.5 Å². The van der Waals surface area contributed by atoms with Gasteiger partial charge < -0.3 is 14.5 Å². The summed E-state index contributed by atoms with van der Waals surface area (Å²) in [6, 6.07) is 23.8. The summed E-state index contributed by atoms with van der Waals surface area (Å²) < 4.78 is 5.30. The highest BCUT2D eigenvalue weighted by molar-refractivity contribution is 7.10. The van der Waals surface area contributed by atoms with E-state index in [-0.39, 0.29) is 24.4 Å². The van der Waals surface area contributed by atoms with E-state index in [9.17, 15) is 9.59 Å². The van der Waals surface area contributed by atoms with E-state index in [2.05, 4.69) is 30.5 Å². The SMILES string of the molecule is COCCN(CC(=O)N1CCc2sccc2[C@H]1c1ccccc1C)C(=O)c1cccc2ccccc12. The Morgan fingerprint density at radius 3 is 2.61 bits per heavy atom. The van der Waals surface area contributed by atoms with E-state index >= 15 is 0 Å². The van der Waals surface area contributed by atoms with Crippen molar-refractivity contribution in [3.8, 4) is 0 Å². The van der Waals surface area contributed by atoms with Crippen molar-refractivity contribution >= 4 is 33.9 Å². The molecule has 0 saturated heterocycles. The number of hydrogen-bond donors (Lipinski definition) is 0. The van der Waals surface area contributed by atoms with Crippen LogP contribution in [-0.2, 0) is 16.0 Å². The van der Waals surface area contributed by atoms with Crippen molar-refractivity contribution in [1.82, 2.24) is 9.80 Å². The van der Waals surface area contributed by atoms with E-state index < -0.39 is 0 Å². The molecule has 0 spiro atoms. The number of nitrogens with zero attached hydrogens (tertiary/aromatic N) is 2. The standard InChI is InChI=1S/C30H30N2O3S/c1-21-8-3-5-11-23(21)29-26-15-19-36-27(26)14-16-32(29)28(33)20-31(17-18-35-2)30(34)25-13-7-10-22-9-4-6-12-24(22)25/h3-13,15,19,29H,14,16-18,20H2,1-2H3/t29-/m1/s1. The molecular weight excluding hydrogens is 468 g/mol. The summed E-state index contributed by atoms with van der Waals surface area (Å²) in [5.41, 5.74) is 4.08. The second-order valence-electron chi connectivity index (χ2n) is 9.14. The van der Waals surface area contributed by atoms with Gasteiger partial charge in [-0.1, -0.05) is 60.7 Å². The van der Waals surface area contributed by atoms with Gasteiger partial charge in [0.1, 0.15) is 6.54 Å². The predicted octanol–water partition coefficient (Wildman–Crippen LogP) is 5.47. The van der Waals surface area contributed by atoms with Gasteiger partial charge in [0.05, 0.1) is 12.6 Å². The van der Waals surface area contributed by atoms with Crippen molar-refractivity contribution < 1.29 is 14.3 Å². The maximum absolute atomic E-state index is 13.9. The van der Waals surface area contributed by atoms with Gasteiger partial charge >= 0.3 is 0 Å². The number of amides is 2. The Morgan fingerprint density at radius 1 is 1.00 bits per heavy atom. The van der Waals surface area contributed by atoms with Crippen LogP contribution < -0.4 is 0 Å². The molecule has 0 saturated carbocycles. The van der Waals surface area contributed by atoms with Gasteiger partial charge in [0, 0.05) is 30.6 Å². The second-order valence-corrected chi connectivity index (χ2v) is 10.1. The van der Waals surface area contributed by atoms with Gasteiger partial charge in [-0.3, -0.25) is 9.59 Å². The Hall–Kier alpha value is -3.48. The molecule has 1 aromatic heterocycles. The third kappa shape index (κ3) is 4.66. The van der Waals surface area contributed by atoms with Crippen LogP contribution in [0, 0.1) is 6.92 Å². The third-order valence-corrected chi connectivity index (χ3v) is 7.96. The molecule has 3 aromatic carbocycles. The van der Waals surface area contributed by atoms with Gasteiger partial charge in [-0.15, -0.1) is 11.3 Å². The van der Waals surface area contributed by atoms with E-state index in [1.54, 1.807) is 23.3 Å². The first-order valence-electron chi connectivity index (χ1n) is 12.3. The summed E-state index contributed by atoms with van der Waals surface area (Å²) in [6.07, 6.45) is 0.830. The molecule has 0 aliphatic carbocycles. The maximum Gasteiger partial charge on any atom is 0.255 e. The molecule has 6 heteroatoms. The van der Waals surface area contributed by atoms with Crippen molar-refractivity contribution in [2.75, 3.05) is 33.4 Å².